The maximum absolute atomic E-state index is 12.1. The molecule has 92 valence electrons. The van der Waals surface area contributed by atoms with Gasteiger partial charge in [-0.3, -0.25) is 4.79 Å². The molecule has 0 atom stereocenters. The van der Waals surface area contributed by atoms with Crippen LogP contribution in [0.4, 0.5) is 0 Å². The molecule has 0 radical (unpaired) electrons. The van der Waals surface area contributed by atoms with E-state index in [-0.39, 0.29) is 17.7 Å². The van der Waals surface area contributed by atoms with Crippen LogP contribution in [0, 0.1) is 0 Å². The fraction of sp³-hybridized carbons (Fsp3) is 0.364. The summed E-state index contributed by atoms with van der Waals surface area (Å²) in [6, 6.07) is 8.15. The molecule has 0 aliphatic heterocycles. The minimum atomic E-state index is -3.39. The van der Waals surface area contributed by atoms with E-state index in [0.717, 1.165) is 0 Å². The molecule has 0 unspecified atom stereocenters. The molecule has 0 heterocycles. The SMILES string of the molecule is NC(=O)C1(N)CC(S(=O)(=O)c2ccccc2)C1. The standard InChI is InChI=1S/C11H14N2O3S/c12-10(14)11(13)6-9(7-11)17(15,16)8-4-2-1-3-5-8/h1-5,9H,6-7,13H2,(H2,12,14). The van der Waals surface area contributed by atoms with Crippen LogP contribution in [-0.2, 0) is 14.6 Å². The Labute approximate surface area is 99.7 Å². The summed E-state index contributed by atoms with van der Waals surface area (Å²) in [5.74, 6) is -0.642. The quantitative estimate of drug-likeness (QED) is 0.779. The van der Waals surface area contributed by atoms with E-state index in [4.69, 9.17) is 11.5 Å². The topological polar surface area (TPSA) is 103 Å². The van der Waals surface area contributed by atoms with Crippen molar-refractivity contribution in [3.63, 3.8) is 0 Å². The van der Waals surface area contributed by atoms with Crippen LogP contribution in [0.2, 0.25) is 0 Å². The van der Waals surface area contributed by atoms with Gasteiger partial charge < -0.3 is 11.5 Å². The second-order valence-electron chi connectivity index (χ2n) is 4.41. The van der Waals surface area contributed by atoms with Gasteiger partial charge in [0.25, 0.3) is 0 Å². The third-order valence-electron chi connectivity index (χ3n) is 3.19. The van der Waals surface area contributed by atoms with E-state index >= 15 is 0 Å². The maximum Gasteiger partial charge on any atom is 0.237 e. The van der Waals surface area contributed by atoms with Crippen LogP contribution in [-0.4, -0.2) is 25.1 Å². The summed E-state index contributed by atoms with van der Waals surface area (Å²) in [4.78, 5) is 11.3. The molecule has 17 heavy (non-hydrogen) atoms. The number of carbonyl (C=O) groups is 1. The van der Waals surface area contributed by atoms with Gasteiger partial charge in [-0.2, -0.15) is 0 Å². The van der Waals surface area contributed by atoms with Crippen LogP contribution in [0.3, 0.4) is 0 Å². The average molecular weight is 254 g/mol. The van der Waals surface area contributed by atoms with Crippen molar-refractivity contribution in [3.8, 4) is 0 Å². The van der Waals surface area contributed by atoms with E-state index in [1.54, 1.807) is 18.2 Å². The van der Waals surface area contributed by atoms with Crippen molar-refractivity contribution in [2.45, 2.75) is 28.5 Å². The van der Waals surface area contributed by atoms with Crippen molar-refractivity contribution in [2.24, 2.45) is 11.5 Å². The summed E-state index contributed by atoms with van der Waals surface area (Å²) < 4.78 is 24.2. The summed E-state index contributed by atoms with van der Waals surface area (Å²) in [6.07, 6.45) is 0.194. The summed E-state index contributed by atoms with van der Waals surface area (Å²) in [5, 5.41) is -0.609. The van der Waals surface area contributed by atoms with E-state index in [1.165, 1.54) is 12.1 Å². The predicted molar refractivity (Wildman–Crippen MR) is 62.8 cm³/mol. The Morgan fingerprint density at radius 2 is 1.76 bits per heavy atom. The molecule has 1 saturated carbocycles. The van der Waals surface area contributed by atoms with Crippen molar-refractivity contribution in [3.05, 3.63) is 30.3 Å². The lowest BCUT2D eigenvalue weighted by molar-refractivity contribution is -0.125. The van der Waals surface area contributed by atoms with Gasteiger partial charge in [0.05, 0.1) is 15.7 Å². The molecule has 0 saturated heterocycles. The lowest BCUT2D eigenvalue weighted by atomic mass is 9.76. The molecule has 2 rings (SSSR count). The van der Waals surface area contributed by atoms with Crippen LogP contribution >= 0.6 is 0 Å². The van der Waals surface area contributed by atoms with Crippen LogP contribution in [0.25, 0.3) is 0 Å². The lowest BCUT2D eigenvalue weighted by Gasteiger charge is -2.41. The van der Waals surface area contributed by atoms with E-state index in [2.05, 4.69) is 0 Å². The molecule has 1 aromatic carbocycles. The zero-order valence-electron chi connectivity index (χ0n) is 9.17. The first-order valence-corrected chi connectivity index (χ1v) is 6.79. The van der Waals surface area contributed by atoms with Crippen LogP contribution in [0.5, 0.6) is 0 Å². The van der Waals surface area contributed by atoms with Crippen LogP contribution in [0.1, 0.15) is 12.8 Å². The molecule has 0 aromatic heterocycles. The molecule has 1 amide bonds. The van der Waals surface area contributed by atoms with Crippen molar-refractivity contribution >= 4 is 15.7 Å². The molecule has 1 aromatic rings. The Kier molecular flexibility index (Phi) is 2.71. The fourth-order valence-corrected chi connectivity index (χ4v) is 3.93. The second kappa shape index (κ2) is 3.82. The highest BCUT2D eigenvalue weighted by Crippen LogP contribution is 2.37. The number of hydrogen-bond donors (Lipinski definition) is 2. The van der Waals surface area contributed by atoms with Crippen molar-refractivity contribution in [1.82, 2.24) is 0 Å². The highest BCUT2D eigenvalue weighted by molar-refractivity contribution is 7.92. The van der Waals surface area contributed by atoms with Crippen molar-refractivity contribution < 1.29 is 13.2 Å². The molecule has 5 nitrogen and oxygen atoms in total. The third kappa shape index (κ3) is 1.94. The second-order valence-corrected chi connectivity index (χ2v) is 6.64. The molecule has 1 aliphatic rings. The number of carbonyl (C=O) groups excluding carboxylic acids is 1. The Morgan fingerprint density at radius 3 is 2.24 bits per heavy atom. The zero-order chi connectivity index (χ0) is 12.7. The number of rotatable bonds is 3. The predicted octanol–water partition coefficient (Wildman–Crippen LogP) is -0.194. The Hall–Kier alpha value is -1.40. The molecule has 1 aliphatic carbocycles. The third-order valence-corrected chi connectivity index (χ3v) is 5.33. The molecule has 0 spiro atoms. The van der Waals surface area contributed by atoms with Gasteiger partial charge in [0.15, 0.2) is 9.84 Å². The number of sulfone groups is 1. The van der Waals surface area contributed by atoms with Crippen molar-refractivity contribution in [1.29, 1.82) is 0 Å². The van der Waals surface area contributed by atoms with E-state index in [1.807, 2.05) is 0 Å². The fourth-order valence-electron chi connectivity index (χ4n) is 1.98. The van der Waals surface area contributed by atoms with Crippen LogP contribution < -0.4 is 11.5 Å². The molecule has 6 heteroatoms. The largest absolute Gasteiger partial charge is 0.368 e. The first-order chi connectivity index (χ1) is 7.86. The number of amides is 1. The van der Waals surface area contributed by atoms with E-state index in [9.17, 15) is 13.2 Å². The van der Waals surface area contributed by atoms with Gasteiger partial charge in [-0.1, -0.05) is 18.2 Å². The minimum Gasteiger partial charge on any atom is -0.368 e. The monoisotopic (exact) mass is 254 g/mol. The summed E-state index contributed by atoms with van der Waals surface area (Å²) in [7, 11) is -3.39. The number of benzene rings is 1. The summed E-state index contributed by atoms with van der Waals surface area (Å²) in [6.45, 7) is 0. The molecule has 0 bridgehead atoms. The molecular weight excluding hydrogens is 240 g/mol. The van der Waals surface area contributed by atoms with Gasteiger partial charge in [-0.25, -0.2) is 8.42 Å². The van der Waals surface area contributed by atoms with Gasteiger partial charge in [0.2, 0.25) is 5.91 Å². The lowest BCUT2D eigenvalue weighted by Crippen LogP contribution is -2.64. The smallest absolute Gasteiger partial charge is 0.237 e. The Morgan fingerprint density at radius 1 is 1.24 bits per heavy atom. The number of primary amides is 1. The number of nitrogens with two attached hydrogens (primary N) is 2. The molecular formula is C11H14N2O3S. The zero-order valence-corrected chi connectivity index (χ0v) is 9.98. The van der Waals surface area contributed by atoms with E-state index < -0.39 is 26.5 Å². The van der Waals surface area contributed by atoms with Crippen molar-refractivity contribution in [2.75, 3.05) is 0 Å². The highest BCUT2D eigenvalue weighted by Gasteiger charge is 2.51. The number of hydrogen-bond acceptors (Lipinski definition) is 4. The van der Waals surface area contributed by atoms with Gasteiger partial charge in [-0.05, 0) is 25.0 Å². The molecule has 1 fully saturated rings. The van der Waals surface area contributed by atoms with Crippen LogP contribution in [0.15, 0.2) is 35.2 Å². The normalized spacial score (nSPS) is 28.4. The van der Waals surface area contributed by atoms with Gasteiger partial charge >= 0.3 is 0 Å². The molecule has 4 N–H and O–H groups in total. The minimum absolute atomic E-state index is 0.0968. The maximum atomic E-state index is 12.1. The summed E-state index contributed by atoms with van der Waals surface area (Å²) >= 11 is 0. The van der Waals surface area contributed by atoms with Gasteiger partial charge in [0, 0.05) is 0 Å². The van der Waals surface area contributed by atoms with Gasteiger partial charge in [-0.15, -0.1) is 0 Å². The Balaban J connectivity index is 2.20. The van der Waals surface area contributed by atoms with Gasteiger partial charge in [0.1, 0.15) is 0 Å². The Bertz CT molecular complexity index is 533. The summed E-state index contributed by atoms with van der Waals surface area (Å²) in [5.41, 5.74) is 9.63. The first-order valence-electron chi connectivity index (χ1n) is 5.24. The highest BCUT2D eigenvalue weighted by atomic mass is 32.2. The van der Waals surface area contributed by atoms with E-state index in [0.29, 0.717) is 0 Å². The first kappa shape index (κ1) is 12.1. The average Bonchev–Trinajstić information content (AvgIpc) is 2.25.